The van der Waals surface area contributed by atoms with Crippen LogP contribution in [0.2, 0.25) is 0 Å². The first-order valence-corrected chi connectivity index (χ1v) is 17.8. The van der Waals surface area contributed by atoms with Crippen molar-refractivity contribution in [2.75, 3.05) is 13.2 Å². The van der Waals surface area contributed by atoms with Gasteiger partial charge in [-0.05, 0) is 43.9 Å². The third-order valence-corrected chi connectivity index (χ3v) is 7.86. The van der Waals surface area contributed by atoms with E-state index >= 15 is 0 Å². The fourth-order valence-electron chi connectivity index (χ4n) is 5.10. The van der Waals surface area contributed by atoms with Crippen molar-refractivity contribution in [2.24, 2.45) is 11.8 Å². The minimum absolute atomic E-state index is 0.0652. The summed E-state index contributed by atoms with van der Waals surface area (Å²) in [4.78, 5) is 48.1. The Morgan fingerprint density at radius 3 is 1.67 bits per heavy atom. The van der Waals surface area contributed by atoms with E-state index in [1.54, 1.807) is 0 Å². The Morgan fingerprint density at radius 2 is 1.16 bits per heavy atom. The van der Waals surface area contributed by atoms with Gasteiger partial charge in [-0.1, -0.05) is 123 Å². The van der Waals surface area contributed by atoms with E-state index in [0.29, 0.717) is 12.8 Å². The summed E-state index contributed by atoms with van der Waals surface area (Å²) in [6, 6.07) is -1.43. The molecule has 0 aromatic carbocycles. The van der Waals surface area contributed by atoms with Crippen LogP contribution in [0.5, 0.6) is 0 Å². The number of carbonyl (C=O) groups excluding carboxylic acids is 3. The molecular formula is C36H66N2O7. The van der Waals surface area contributed by atoms with Gasteiger partial charge in [0.1, 0.15) is 12.1 Å². The van der Waals surface area contributed by atoms with Crippen molar-refractivity contribution in [3.05, 3.63) is 12.2 Å². The van der Waals surface area contributed by atoms with Gasteiger partial charge in [-0.15, -0.1) is 0 Å². The minimum atomic E-state index is -1.43. The van der Waals surface area contributed by atoms with Crippen LogP contribution < -0.4 is 10.6 Å². The van der Waals surface area contributed by atoms with Crippen LogP contribution in [0.15, 0.2) is 12.2 Å². The topological polar surface area (TPSA) is 142 Å². The summed E-state index contributed by atoms with van der Waals surface area (Å²) in [6.07, 6.45) is 24.0. The summed E-state index contributed by atoms with van der Waals surface area (Å²) in [5, 5.41) is 22.6. The van der Waals surface area contributed by atoms with Gasteiger partial charge in [-0.25, -0.2) is 4.79 Å². The van der Waals surface area contributed by atoms with Crippen LogP contribution in [0.1, 0.15) is 156 Å². The Hall–Kier alpha value is -2.42. The quantitative estimate of drug-likeness (QED) is 0.0369. The Bertz CT molecular complexity index is 813. The Kier molecular flexibility index (Phi) is 27.5. The molecule has 9 heteroatoms. The molecule has 2 unspecified atom stereocenters. The highest BCUT2D eigenvalue weighted by Gasteiger charge is 2.21. The molecule has 2 amide bonds. The van der Waals surface area contributed by atoms with E-state index in [0.717, 1.165) is 43.9 Å². The largest absolute Gasteiger partial charge is 0.480 e. The number of rotatable bonds is 30. The van der Waals surface area contributed by atoms with Crippen LogP contribution in [0.3, 0.4) is 0 Å². The maximum absolute atomic E-state index is 12.6. The van der Waals surface area contributed by atoms with Gasteiger partial charge < -0.3 is 25.6 Å². The number of nitrogens with one attached hydrogen (secondary N) is 2. The number of carboxylic acid groups (broad SMARTS) is 1. The average molecular weight is 639 g/mol. The van der Waals surface area contributed by atoms with Crippen molar-refractivity contribution in [2.45, 2.75) is 168 Å². The van der Waals surface area contributed by atoms with Crippen molar-refractivity contribution in [1.29, 1.82) is 0 Å². The second-order valence-electron chi connectivity index (χ2n) is 13.3. The summed E-state index contributed by atoms with van der Waals surface area (Å²) in [5.41, 5.74) is 0. The van der Waals surface area contributed by atoms with Crippen molar-refractivity contribution in [3.8, 4) is 0 Å². The zero-order valence-electron chi connectivity index (χ0n) is 29.0. The van der Waals surface area contributed by atoms with Crippen molar-refractivity contribution in [3.63, 3.8) is 0 Å². The van der Waals surface area contributed by atoms with E-state index < -0.39 is 43.1 Å². The summed E-state index contributed by atoms with van der Waals surface area (Å²) in [5.74, 6) is -1.33. The number of ether oxygens (including phenoxy) is 1. The molecule has 0 heterocycles. The molecule has 0 rings (SSSR count). The van der Waals surface area contributed by atoms with Gasteiger partial charge in [0, 0.05) is 6.42 Å². The molecule has 0 aliphatic heterocycles. The molecule has 4 N–H and O–H groups in total. The van der Waals surface area contributed by atoms with Gasteiger partial charge >= 0.3 is 11.9 Å². The summed E-state index contributed by atoms with van der Waals surface area (Å²) >= 11 is 0. The zero-order valence-corrected chi connectivity index (χ0v) is 29.0. The summed E-state index contributed by atoms with van der Waals surface area (Å²) in [6.45, 7) is 7.87. The number of amides is 2. The zero-order chi connectivity index (χ0) is 33.7. The van der Waals surface area contributed by atoms with Crippen LogP contribution in [0.4, 0.5) is 0 Å². The number of hydrogen-bond donors (Lipinski definition) is 4. The number of unbranched alkanes of at least 4 members (excludes halogenated alkanes) is 12. The maximum atomic E-state index is 12.6. The Balaban J connectivity index is 4.51. The van der Waals surface area contributed by atoms with E-state index in [9.17, 15) is 19.2 Å². The SMILES string of the molecule is CC(C)CCCCCCC/C=C/CCC(=O)OC(CCCCCCCCCCC(C)C)CC(=O)NCC(=O)NC(CO)C(=O)O. The monoisotopic (exact) mass is 638 g/mol. The second-order valence-corrected chi connectivity index (χ2v) is 13.3. The van der Waals surface area contributed by atoms with Crippen molar-refractivity contribution >= 4 is 23.8 Å². The number of carbonyl (C=O) groups is 4. The lowest BCUT2D eigenvalue weighted by molar-refractivity contribution is -0.150. The van der Waals surface area contributed by atoms with E-state index in [-0.39, 0.29) is 18.8 Å². The highest BCUT2D eigenvalue weighted by molar-refractivity contribution is 5.88. The number of hydrogen-bond acceptors (Lipinski definition) is 6. The minimum Gasteiger partial charge on any atom is -0.480 e. The van der Waals surface area contributed by atoms with Gasteiger partial charge in [-0.2, -0.15) is 0 Å². The predicted octanol–water partition coefficient (Wildman–Crippen LogP) is 7.25. The average Bonchev–Trinajstić information content (AvgIpc) is 2.97. The van der Waals surface area contributed by atoms with E-state index in [1.807, 2.05) is 6.08 Å². The number of aliphatic carboxylic acids is 1. The Labute approximate surface area is 273 Å². The lowest BCUT2D eigenvalue weighted by atomic mass is 10.0. The van der Waals surface area contributed by atoms with Crippen LogP contribution >= 0.6 is 0 Å². The number of esters is 1. The first-order valence-electron chi connectivity index (χ1n) is 17.8. The standard InChI is InChI=1S/C36H66N2O7/c1-29(2)22-18-14-10-6-5-7-13-17-21-25-35(42)45-31(24-20-16-12-9-8-11-15-19-23-30(3)4)26-33(40)37-27-34(41)38-32(28-39)36(43)44/h13,17,29-32,39H,5-12,14-16,18-28H2,1-4H3,(H,37,40)(H,38,41)(H,43,44)/b17-13+. The smallest absolute Gasteiger partial charge is 0.328 e. The van der Waals surface area contributed by atoms with Gasteiger partial charge in [-0.3, -0.25) is 14.4 Å². The molecular weight excluding hydrogens is 572 g/mol. The molecule has 0 fully saturated rings. The lowest BCUT2D eigenvalue weighted by Gasteiger charge is -2.18. The molecule has 0 spiro atoms. The van der Waals surface area contributed by atoms with Gasteiger partial charge in [0.15, 0.2) is 0 Å². The molecule has 0 bridgehead atoms. The van der Waals surface area contributed by atoms with Gasteiger partial charge in [0.25, 0.3) is 0 Å². The number of allylic oxidation sites excluding steroid dienone is 2. The number of carboxylic acids is 1. The summed E-state index contributed by atoms with van der Waals surface area (Å²) < 4.78 is 5.69. The highest BCUT2D eigenvalue weighted by atomic mass is 16.5. The third kappa shape index (κ3) is 28.8. The molecule has 45 heavy (non-hydrogen) atoms. The van der Waals surface area contributed by atoms with Gasteiger partial charge in [0.2, 0.25) is 11.8 Å². The molecule has 9 nitrogen and oxygen atoms in total. The highest BCUT2D eigenvalue weighted by Crippen LogP contribution is 2.16. The fraction of sp³-hybridized carbons (Fsp3) is 0.833. The van der Waals surface area contributed by atoms with Crippen LogP contribution in [-0.2, 0) is 23.9 Å². The molecule has 0 aliphatic rings. The van der Waals surface area contributed by atoms with E-state index in [2.05, 4.69) is 44.4 Å². The lowest BCUT2D eigenvalue weighted by Crippen LogP contribution is -2.47. The maximum Gasteiger partial charge on any atom is 0.328 e. The predicted molar refractivity (Wildman–Crippen MR) is 181 cm³/mol. The van der Waals surface area contributed by atoms with Crippen LogP contribution in [0, 0.1) is 11.8 Å². The normalized spacial score (nSPS) is 12.9. The molecule has 0 aromatic heterocycles. The summed E-state index contributed by atoms with van der Waals surface area (Å²) in [7, 11) is 0. The molecule has 262 valence electrons. The van der Waals surface area contributed by atoms with Crippen LogP contribution in [-0.4, -0.2) is 59.3 Å². The van der Waals surface area contributed by atoms with E-state index in [1.165, 1.54) is 70.6 Å². The molecule has 0 saturated carbocycles. The number of aliphatic hydroxyl groups excluding tert-OH is 1. The van der Waals surface area contributed by atoms with E-state index in [4.69, 9.17) is 14.9 Å². The van der Waals surface area contributed by atoms with Crippen molar-refractivity contribution < 1.29 is 34.1 Å². The first-order chi connectivity index (χ1) is 21.5. The number of aliphatic hydroxyl groups is 1. The second kappa shape index (κ2) is 29.0. The van der Waals surface area contributed by atoms with Gasteiger partial charge in [0.05, 0.1) is 19.6 Å². The molecule has 2 atom stereocenters. The third-order valence-electron chi connectivity index (χ3n) is 7.86. The molecule has 0 aliphatic carbocycles. The molecule has 0 saturated heterocycles. The molecule has 0 radical (unpaired) electrons. The molecule has 0 aromatic rings. The first kappa shape index (κ1) is 42.6. The van der Waals surface area contributed by atoms with Crippen LogP contribution in [0.25, 0.3) is 0 Å². The fourth-order valence-corrected chi connectivity index (χ4v) is 5.10. The van der Waals surface area contributed by atoms with Crippen molar-refractivity contribution in [1.82, 2.24) is 10.6 Å². The Morgan fingerprint density at radius 1 is 0.667 bits per heavy atom.